The number of methoxy groups -OCH3 is 1. The van der Waals surface area contributed by atoms with Gasteiger partial charge in [-0.1, -0.05) is 36.6 Å². The van der Waals surface area contributed by atoms with Crippen molar-refractivity contribution in [1.82, 2.24) is 9.78 Å². The Morgan fingerprint density at radius 3 is 2.58 bits per heavy atom. The van der Waals surface area contributed by atoms with Gasteiger partial charge in [0, 0.05) is 22.3 Å². The molecule has 1 unspecified atom stereocenters. The molecule has 0 spiro atoms. The molecule has 1 aliphatic carbocycles. The maximum atomic E-state index is 13.9. The first kappa shape index (κ1) is 25.8. The van der Waals surface area contributed by atoms with Crippen molar-refractivity contribution in [3.05, 3.63) is 70.6 Å². The van der Waals surface area contributed by atoms with Crippen molar-refractivity contribution in [3.63, 3.8) is 0 Å². The van der Waals surface area contributed by atoms with E-state index in [1.165, 1.54) is 17.9 Å². The predicted molar refractivity (Wildman–Crippen MR) is 129 cm³/mol. The summed E-state index contributed by atoms with van der Waals surface area (Å²) in [6.07, 6.45) is -2.97. The molecule has 0 saturated heterocycles. The van der Waals surface area contributed by atoms with Crippen LogP contribution >= 0.6 is 11.6 Å². The number of hydrogen-bond donors (Lipinski definition) is 3. The molecule has 12 heteroatoms. The first-order valence-electron chi connectivity index (χ1n) is 11.2. The maximum absolute atomic E-state index is 13.9. The molecule has 0 radical (unpaired) electrons. The molecule has 1 aliphatic rings. The SMILES string of the molecule is COc1cccc(C(O)N=C(Nc2cc(F)cc(Cl)c2)Nc2cc(C(F)(F)F)nn2C2CCCC2)c1. The minimum atomic E-state index is -4.65. The van der Waals surface area contributed by atoms with Crippen LogP contribution in [0, 0.1) is 5.82 Å². The first-order valence-corrected chi connectivity index (χ1v) is 11.6. The molecule has 4 rings (SSSR count). The normalized spacial score (nSPS) is 15.7. The molecule has 0 amide bonds. The number of nitrogens with zero attached hydrogens (tertiary/aromatic N) is 3. The number of alkyl halides is 3. The van der Waals surface area contributed by atoms with Crippen molar-refractivity contribution in [3.8, 4) is 5.75 Å². The summed E-state index contributed by atoms with van der Waals surface area (Å²) in [6.45, 7) is 0. The molecule has 192 valence electrons. The van der Waals surface area contributed by atoms with Crippen molar-refractivity contribution in [2.75, 3.05) is 17.7 Å². The molecule has 0 aliphatic heterocycles. The van der Waals surface area contributed by atoms with Crippen molar-refractivity contribution < 1.29 is 27.4 Å². The lowest BCUT2D eigenvalue weighted by Gasteiger charge is -2.18. The number of aliphatic hydroxyl groups excluding tert-OH is 1. The first-order chi connectivity index (χ1) is 17.1. The summed E-state index contributed by atoms with van der Waals surface area (Å²) in [5.41, 5.74) is -0.515. The lowest BCUT2D eigenvalue weighted by molar-refractivity contribution is -0.141. The zero-order chi connectivity index (χ0) is 25.9. The summed E-state index contributed by atoms with van der Waals surface area (Å²) in [5, 5.41) is 20.3. The van der Waals surface area contributed by atoms with E-state index in [4.69, 9.17) is 16.3 Å². The number of guanidine groups is 1. The van der Waals surface area contributed by atoms with E-state index >= 15 is 0 Å². The van der Waals surface area contributed by atoms with E-state index in [2.05, 4.69) is 20.7 Å². The number of ether oxygens (including phenoxy) is 1. The maximum Gasteiger partial charge on any atom is 0.435 e. The summed E-state index contributed by atoms with van der Waals surface area (Å²) in [5.74, 6) is -0.260. The van der Waals surface area contributed by atoms with Gasteiger partial charge in [0.1, 0.15) is 17.4 Å². The Hall–Kier alpha value is -3.31. The topological polar surface area (TPSA) is 83.7 Å². The van der Waals surface area contributed by atoms with Crippen LogP contribution in [0.25, 0.3) is 0 Å². The van der Waals surface area contributed by atoms with Gasteiger partial charge in [0.05, 0.1) is 13.2 Å². The Kier molecular flexibility index (Phi) is 7.70. The standard InChI is InChI=1S/C24H24ClF4N5O2/c1-36-19-8-4-5-14(9-19)22(35)32-23(30-17-11-15(25)10-16(26)12-17)31-21-13-20(24(27,28)29)33-34(21)18-6-2-3-7-18/h4-5,8-13,18,22,35H,2-3,6-7H2,1H3,(H2,30,31,32). The monoisotopic (exact) mass is 525 g/mol. The number of benzene rings is 2. The summed E-state index contributed by atoms with van der Waals surface area (Å²) < 4.78 is 60.9. The molecule has 1 atom stereocenters. The lowest BCUT2D eigenvalue weighted by Crippen LogP contribution is -2.25. The van der Waals surface area contributed by atoms with Crippen LogP contribution in [0.5, 0.6) is 5.75 Å². The smallest absolute Gasteiger partial charge is 0.435 e. The molecular formula is C24H24ClF4N5O2. The highest BCUT2D eigenvalue weighted by Gasteiger charge is 2.36. The Labute approximate surface area is 209 Å². The van der Waals surface area contributed by atoms with E-state index in [1.807, 2.05) is 0 Å². The molecule has 36 heavy (non-hydrogen) atoms. The van der Waals surface area contributed by atoms with Gasteiger partial charge in [-0.15, -0.1) is 0 Å². The fraction of sp³-hybridized carbons (Fsp3) is 0.333. The Balaban J connectivity index is 1.72. The van der Waals surface area contributed by atoms with Crippen LogP contribution in [-0.2, 0) is 6.18 Å². The van der Waals surface area contributed by atoms with Crippen LogP contribution in [0.3, 0.4) is 0 Å². The van der Waals surface area contributed by atoms with Crippen molar-refractivity contribution in [2.24, 2.45) is 4.99 Å². The van der Waals surface area contributed by atoms with Gasteiger partial charge in [-0.3, -0.25) is 0 Å². The average molecular weight is 526 g/mol. The number of nitrogens with one attached hydrogen (secondary N) is 2. The molecule has 3 aromatic rings. The number of aromatic nitrogens is 2. The van der Waals surface area contributed by atoms with Crippen LogP contribution in [-0.4, -0.2) is 28.0 Å². The van der Waals surface area contributed by atoms with Crippen molar-refractivity contribution in [2.45, 2.75) is 44.1 Å². The number of anilines is 2. The van der Waals surface area contributed by atoms with Crippen LogP contribution in [0.4, 0.5) is 29.1 Å². The van der Waals surface area contributed by atoms with Crippen LogP contribution in [0.1, 0.15) is 49.2 Å². The van der Waals surface area contributed by atoms with E-state index in [-0.39, 0.29) is 28.5 Å². The van der Waals surface area contributed by atoms with E-state index in [0.29, 0.717) is 24.2 Å². The summed E-state index contributed by atoms with van der Waals surface area (Å²) in [7, 11) is 1.47. The quantitative estimate of drug-likeness (QED) is 0.197. The molecule has 3 N–H and O–H groups in total. The van der Waals surface area contributed by atoms with Gasteiger partial charge in [0.2, 0.25) is 5.96 Å². The fourth-order valence-corrected chi connectivity index (χ4v) is 4.25. The molecule has 1 saturated carbocycles. The second kappa shape index (κ2) is 10.8. The van der Waals surface area contributed by atoms with Gasteiger partial charge < -0.3 is 20.5 Å². The molecule has 1 fully saturated rings. The molecule has 1 heterocycles. The summed E-state index contributed by atoms with van der Waals surface area (Å²) >= 11 is 5.95. The van der Waals surface area contributed by atoms with Gasteiger partial charge in [-0.25, -0.2) is 14.1 Å². The number of halogens is 5. The molecule has 0 bridgehead atoms. The Bertz CT molecular complexity index is 1220. The zero-order valence-corrected chi connectivity index (χ0v) is 19.9. The highest BCUT2D eigenvalue weighted by Crippen LogP contribution is 2.36. The van der Waals surface area contributed by atoms with Crippen LogP contribution < -0.4 is 15.4 Å². The number of aliphatic imine (C=N–C) groups is 1. The van der Waals surface area contributed by atoms with E-state index in [9.17, 15) is 22.7 Å². The van der Waals surface area contributed by atoms with E-state index in [0.717, 1.165) is 31.0 Å². The van der Waals surface area contributed by atoms with E-state index in [1.54, 1.807) is 24.3 Å². The van der Waals surface area contributed by atoms with Crippen molar-refractivity contribution >= 4 is 29.1 Å². The Morgan fingerprint density at radius 1 is 1.17 bits per heavy atom. The fourth-order valence-electron chi connectivity index (χ4n) is 4.03. The van der Waals surface area contributed by atoms with Gasteiger partial charge in [-0.05, 0) is 43.2 Å². The second-order valence-corrected chi connectivity index (χ2v) is 8.77. The zero-order valence-electron chi connectivity index (χ0n) is 19.2. The van der Waals surface area contributed by atoms with Gasteiger partial charge in [0.25, 0.3) is 0 Å². The van der Waals surface area contributed by atoms with Crippen molar-refractivity contribution in [1.29, 1.82) is 0 Å². The highest BCUT2D eigenvalue weighted by molar-refractivity contribution is 6.31. The van der Waals surface area contributed by atoms with E-state index < -0.39 is 23.9 Å². The minimum Gasteiger partial charge on any atom is -0.497 e. The molecule has 2 aromatic carbocycles. The largest absolute Gasteiger partial charge is 0.497 e. The lowest BCUT2D eigenvalue weighted by atomic mass is 10.2. The second-order valence-electron chi connectivity index (χ2n) is 8.33. The third-order valence-electron chi connectivity index (χ3n) is 5.71. The van der Waals surface area contributed by atoms with Gasteiger partial charge in [0.15, 0.2) is 11.9 Å². The number of rotatable bonds is 6. The average Bonchev–Trinajstić information content (AvgIpc) is 3.48. The number of aliphatic hydroxyl groups is 1. The Morgan fingerprint density at radius 2 is 1.92 bits per heavy atom. The predicted octanol–water partition coefficient (Wildman–Crippen LogP) is 6.39. The van der Waals surface area contributed by atoms with Gasteiger partial charge >= 0.3 is 6.18 Å². The summed E-state index contributed by atoms with van der Waals surface area (Å²) in [4.78, 5) is 4.22. The molecular weight excluding hydrogens is 502 g/mol. The van der Waals surface area contributed by atoms with Crippen LogP contribution in [0.15, 0.2) is 53.5 Å². The summed E-state index contributed by atoms with van der Waals surface area (Å²) in [6, 6.07) is 10.8. The number of hydrogen-bond acceptors (Lipinski definition) is 4. The molecule has 1 aromatic heterocycles. The highest BCUT2D eigenvalue weighted by atomic mass is 35.5. The molecule has 7 nitrogen and oxygen atoms in total. The third kappa shape index (κ3) is 6.27. The minimum absolute atomic E-state index is 0.0285. The van der Waals surface area contributed by atoms with Crippen LogP contribution in [0.2, 0.25) is 5.02 Å². The van der Waals surface area contributed by atoms with Gasteiger partial charge in [-0.2, -0.15) is 18.3 Å². The third-order valence-corrected chi connectivity index (χ3v) is 5.93.